The average Bonchev–Trinajstić information content (AvgIpc) is 2.93. The van der Waals surface area contributed by atoms with Crippen molar-refractivity contribution in [3.8, 4) is 0 Å². The van der Waals surface area contributed by atoms with Crippen LogP contribution in [0.2, 0.25) is 0 Å². The number of nitrogens with one attached hydrogen (secondary N) is 2. The van der Waals surface area contributed by atoms with Gasteiger partial charge in [-0.25, -0.2) is 4.79 Å². The quantitative estimate of drug-likeness (QED) is 0.345. The maximum Gasteiger partial charge on any atom is 0.412 e. The van der Waals surface area contributed by atoms with E-state index in [1.807, 2.05) is 18.7 Å². The first-order valence-electron chi connectivity index (χ1n) is 14.1. The van der Waals surface area contributed by atoms with Gasteiger partial charge in [0.15, 0.2) is 0 Å². The van der Waals surface area contributed by atoms with Gasteiger partial charge in [-0.3, -0.25) is 19.8 Å². The minimum absolute atomic E-state index is 0.0385. The van der Waals surface area contributed by atoms with Crippen molar-refractivity contribution in [1.29, 1.82) is 0 Å². The van der Waals surface area contributed by atoms with Gasteiger partial charge in [0.25, 0.3) is 11.8 Å². The highest BCUT2D eigenvalue weighted by Crippen LogP contribution is 2.23. The molecule has 1 heterocycles. The van der Waals surface area contributed by atoms with Crippen molar-refractivity contribution in [2.75, 3.05) is 30.3 Å². The molecule has 8 heteroatoms. The van der Waals surface area contributed by atoms with Gasteiger partial charge in [-0.2, -0.15) is 0 Å². The van der Waals surface area contributed by atoms with E-state index in [0.717, 1.165) is 26.1 Å². The molecule has 2 N–H and O–H groups in total. The van der Waals surface area contributed by atoms with E-state index >= 15 is 0 Å². The molecule has 0 saturated carbocycles. The number of hydrogen-bond donors (Lipinski definition) is 2. The lowest BCUT2D eigenvalue weighted by Crippen LogP contribution is -2.43. The van der Waals surface area contributed by atoms with Crippen molar-refractivity contribution >= 4 is 29.3 Å². The minimum atomic E-state index is -0.646. The molecule has 3 amide bonds. The third kappa shape index (κ3) is 8.17. The van der Waals surface area contributed by atoms with Crippen LogP contribution in [0.4, 0.5) is 16.2 Å². The number of anilines is 2. The van der Waals surface area contributed by atoms with Gasteiger partial charge in [0.2, 0.25) is 0 Å². The van der Waals surface area contributed by atoms with E-state index < -0.39 is 11.7 Å². The fourth-order valence-corrected chi connectivity index (χ4v) is 4.83. The van der Waals surface area contributed by atoms with E-state index in [2.05, 4.69) is 39.8 Å². The lowest BCUT2D eigenvalue weighted by molar-refractivity contribution is 0.0633. The number of fused-ring (bicyclic) bond motifs is 1. The van der Waals surface area contributed by atoms with Gasteiger partial charge in [-0.1, -0.05) is 36.4 Å². The molecular weight excluding hydrogens is 516 g/mol. The minimum Gasteiger partial charge on any atom is -0.444 e. The van der Waals surface area contributed by atoms with E-state index in [1.54, 1.807) is 69.3 Å². The maximum atomic E-state index is 13.4. The molecule has 1 aliphatic rings. The van der Waals surface area contributed by atoms with Crippen LogP contribution in [0, 0.1) is 0 Å². The zero-order chi connectivity index (χ0) is 29.6. The number of carbonyl (C=O) groups excluding carboxylic acids is 3. The molecule has 4 rings (SSSR count). The first-order chi connectivity index (χ1) is 19.5. The third-order valence-electron chi connectivity index (χ3n) is 6.96. The van der Waals surface area contributed by atoms with Gasteiger partial charge in [0, 0.05) is 43.3 Å². The van der Waals surface area contributed by atoms with Crippen molar-refractivity contribution in [1.82, 2.24) is 9.80 Å². The molecular formula is C33H40N4O4. The predicted molar refractivity (Wildman–Crippen MR) is 162 cm³/mol. The summed E-state index contributed by atoms with van der Waals surface area (Å²) in [6.07, 6.45) is 0.415. The number of rotatable bonds is 8. The van der Waals surface area contributed by atoms with Crippen molar-refractivity contribution < 1.29 is 19.1 Å². The van der Waals surface area contributed by atoms with Crippen molar-refractivity contribution in [3.05, 3.63) is 95.1 Å². The number of hydrogen-bond acceptors (Lipinski definition) is 5. The van der Waals surface area contributed by atoms with Crippen LogP contribution in [-0.4, -0.2) is 59.0 Å². The number of benzene rings is 3. The molecule has 0 spiro atoms. The van der Waals surface area contributed by atoms with Crippen LogP contribution in [0.25, 0.3) is 0 Å². The number of nitrogens with zero attached hydrogens (tertiary/aromatic N) is 2. The Morgan fingerprint density at radius 2 is 1.44 bits per heavy atom. The zero-order valence-electron chi connectivity index (χ0n) is 24.6. The fraction of sp³-hybridized carbons (Fsp3) is 0.364. The van der Waals surface area contributed by atoms with E-state index in [4.69, 9.17) is 4.74 Å². The van der Waals surface area contributed by atoms with Gasteiger partial charge >= 0.3 is 6.09 Å². The number of para-hydroxylation sites is 2. The summed E-state index contributed by atoms with van der Waals surface area (Å²) < 4.78 is 5.32. The second-order valence-electron chi connectivity index (χ2n) is 11.6. The van der Waals surface area contributed by atoms with Crippen molar-refractivity contribution in [3.63, 3.8) is 0 Å². The number of carbonyl (C=O) groups is 3. The molecule has 0 radical (unpaired) electrons. The highest BCUT2D eigenvalue weighted by atomic mass is 16.6. The number of ether oxygens (including phenoxy) is 1. The largest absolute Gasteiger partial charge is 0.444 e. The topological polar surface area (TPSA) is 91.0 Å². The standard InChI is InChI=1S/C33H40N4O4/c1-23(2)37(21-20-36-19-18-24-10-6-7-11-27(24)22-36)31(39)26-16-14-25(15-17-26)30(38)34-28-12-8-9-13-29(28)35-32(40)41-33(3,4)5/h6-17,23H,18-22H2,1-5H3,(H,34,38)(H,35,40). The van der Waals surface area contributed by atoms with Crippen LogP contribution in [-0.2, 0) is 17.7 Å². The second-order valence-corrected chi connectivity index (χ2v) is 11.6. The van der Waals surface area contributed by atoms with Gasteiger partial charge in [-0.05, 0) is 88.6 Å². The molecule has 0 bridgehead atoms. The fourth-order valence-electron chi connectivity index (χ4n) is 4.83. The molecule has 3 aromatic rings. The molecule has 0 fully saturated rings. The lowest BCUT2D eigenvalue weighted by atomic mass is 10.00. The molecule has 216 valence electrons. The molecule has 0 unspecified atom stereocenters. The first-order valence-corrected chi connectivity index (χ1v) is 14.1. The highest BCUT2D eigenvalue weighted by molar-refractivity contribution is 6.07. The van der Waals surface area contributed by atoms with Crippen LogP contribution in [0.1, 0.15) is 66.5 Å². The molecule has 0 aliphatic carbocycles. The smallest absolute Gasteiger partial charge is 0.412 e. The van der Waals surface area contributed by atoms with Gasteiger partial charge in [0.1, 0.15) is 5.60 Å². The predicted octanol–water partition coefficient (Wildman–Crippen LogP) is 6.19. The van der Waals surface area contributed by atoms with E-state index in [-0.39, 0.29) is 17.9 Å². The first kappa shape index (κ1) is 29.8. The SMILES string of the molecule is CC(C)N(CCN1CCc2ccccc2C1)C(=O)c1ccc(C(=O)Nc2ccccc2NC(=O)OC(C)(C)C)cc1. The summed E-state index contributed by atoms with van der Waals surface area (Å²) >= 11 is 0. The summed E-state index contributed by atoms with van der Waals surface area (Å²) in [6.45, 7) is 12.7. The lowest BCUT2D eigenvalue weighted by Gasteiger charge is -2.33. The summed E-state index contributed by atoms with van der Waals surface area (Å²) in [4.78, 5) is 43.0. The molecule has 8 nitrogen and oxygen atoms in total. The van der Waals surface area contributed by atoms with Gasteiger partial charge in [-0.15, -0.1) is 0 Å². The Bertz CT molecular complexity index is 1380. The van der Waals surface area contributed by atoms with Crippen molar-refractivity contribution in [2.45, 2.75) is 59.2 Å². The summed E-state index contributed by atoms with van der Waals surface area (Å²) in [5.41, 5.74) is 3.92. The monoisotopic (exact) mass is 556 g/mol. The number of amides is 3. The Morgan fingerprint density at radius 3 is 2.07 bits per heavy atom. The molecule has 0 aromatic heterocycles. The van der Waals surface area contributed by atoms with Crippen molar-refractivity contribution in [2.24, 2.45) is 0 Å². The second kappa shape index (κ2) is 13.0. The van der Waals surface area contributed by atoms with E-state index in [1.165, 1.54) is 11.1 Å². The Balaban J connectivity index is 1.37. The molecule has 1 aliphatic heterocycles. The van der Waals surface area contributed by atoms with E-state index in [9.17, 15) is 14.4 Å². The highest BCUT2D eigenvalue weighted by Gasteiger charge is 2.22. The summed E-state index contributed by atoms with van der Waals surface area (Å²) in [5.74, 6) is -0.412. The normalized spacial score (nSPS) is 13.3. The van der Waals surface area contributed by atoms with Crippen LogP contribution in [0.5, 0.6) is 0 Å². The summed E-state index contributed by atoms with van der Waals surface area (Å²) in [5, 5.41) is 5.52. The maximum absolute atomic E-state index is 13.4. The zero-order valence-corrected chi connectivity index (χ0v) is 24.6. The average molecular weight is 557 g/mol. The Labute approximate surface area is 242 Å². The summed E-state index contributed by atoms with van der Waals surface area (Å²) in [7, 11) is 0. The molecule has 0 atom stereocenters. The van der Waals surface area contributed by atoms with E-state index in [0.29, 0.717) is 29.0 Å². The van der Waals surface area contributed by atoms with Crippen LogP contribution < -0.4 is 10.6 Å². The van der Waals surface area contributed by atoms with Crippen LogP contribution >= 0.6 is 0 Å². The van der Waals surface area contributed by atoms with Crippen LogP contribution in [0.15, 0.2) is 72.8 Å². The summed E-state index contributed by atoms with van der Waals surface area (Å²) in [6, 6.07) is 22.2. The Kier molecular flexibility index (Phi) is 9.45. The molecule has 0 saturated heterocycles. The molecule has 41 heavy (non-hydrogen) atoms. The van der Waals surface area contributed by atoms with Crippen LogP contribution in [0.3, 0.4) is 0 Å². The Hall–Kier alpha value is -4.17. The van der Waals surface area contributed by atoms with Gasteiger partial charge < -0.3 is 15.0 Å². The van der Waals surface area contributed by atoms with Gasteiger partial charge in [0.05, 0.1) is 11.4 Å². The molecule has 3 aromatic carbocycles. The third-order valence-corrected chi connectivity index (χ3v) is 6.96. The Morgan fingerprint density at radius 1 is 0.854 bits per heavy atom.